The van der Waals surface area contributed by atoms with Gasteiger partial charge in [0.1, 0.15) is 5.69 Å². The Morgan fingerprint density at radius 3 is 2.87 bits per heavy atom. The molecule has 1 atom stereocenters. The van der Waals surface area contributed by atoms with E-state index in [0.717, 1.165) is 33.5 Å². The lowest BCUT2D eigenvalue weighted by Crippen LogP contribution is -2.19. The molecule has 0 amide bonds. The Morgan fingerprint density at radius 2 is 2.26 bits per heavy atom. The maximum Gasteiger partial charge on any atom is 0.151 e. The second kappa shape index (κ2) is 6.86. The van der Waals surface area contributed by atoms with Crippen molar-refractivity contribution in [3.63, 3.8) is 0 Å². The second-order valence-electron chi connectivity index (χ2n) is 5.43. The van der Waals surface area contributed by atoms with Crippen molar-refractivity contribution in [3.8, 4) is 11.3 Å². The van der Waals surface area contributed by atoms with Gasteiger partial charge in [-0.25, -0.2) is 0 Å². The molecule has 5 nitrogen and oxygen atoms in total. The Hall–Kier alpha value is -1.63. The highest BCUT2D eigenvalue weighted by Gasteiger charge is 2.15. The molecule has 3 aromatic heterocycles. The highest BCUT2D eigenvalue weighted by atomic mass is 35.5. The molecule has 0 aliphatic rings. The molecule has 0 aliphatic carbocycles. The van der Waals surface area contributed by atoms with Gasteiger partial charge >= 0.3 is 0 Å². The highest BCUT2D eigenvalue weighted by molar-refractivity contribution is 7.16. The van der Waals surface area contributed by atoms with Crippen LogP contribution >= 0.6 is 22.9 Å². The van der Waals surface area contributed by atoms with Crippen LogP contribution in [0.5, 0.6) is 0 Å². The van der Waals surface area contributed by atoms with E-state index in [2.05, 4.69) is 28.6 Å². The molecule has 0 saturated carbocycles. The van der Waals surface area contributed by atoms with E-state index in [4.69, 9.17) is 16.1 Å². The van der Waals surface area contributed by atoms with Crippen LogP contribution in [-0.2, 0) is 13.6 Å². The summed E-state index contributed by atoms with van der Waals surface area (Å²) in [5, 5.41) is 11.9. The van der Waals surface area contributed by atoms with Crippen LogP contribution in [0.2, 0.25) is 4.34 Å². The minimum absolute atomic E-state index is 0.265. The van der Waals surface area contributed by atoms with Crippen molar-refractivity contribution in [3.05, 3.63) is 45.1 Å². The van der Waals surface area contributed by atoms with E-state index in [-0.39, 0.29) is 6.04 Å². The first-order chi connectivity index (χ1) is 11.1. The van der Waals surface area contributed by atoms with Gasteiger partial charge in [-0.05, 0) is 25.5 Å². The fourth-order valence-corrected chi connectivity index (χ4v) is 3.68. The predicted octanol–water partition coefficient (Wildman–Crippen LogP) is 4.34. The van der Waals surface area contributed by atoms with Gasteiger partial charge in [-0.1, -0.05) is 23.7 Å². The summed E-state index contributed by atoms with van der Waals surface area (Å²) in [6.45, 7) is 4.79. The molecule has 1 N–H and O–H groups in total. The van der Waals surface area contributed by atoms with Crippen LogP contribution in [0.25, 0.3) is 11.3 Å². The molecular weight excluding hydrogens is 332 g/mol. The maximum atomic E-state index is 6.02. The number of halogens is 1. The molecule has 0 spiro atoms. The molecular formula is C16H19ClN4OS. The van der Waals surface area contributed by atoms with Crippen LogP contribution < -0.4 is 5.32 Å². The Balaban J connectivity index is 1.68. The molecule has 0 aromatic carbocycles. The Bertz CT molecular complexity index is 792. The molecule has 122 valence electrons. The number of rotatable bonds is 6. The summed E-state index contributed by atoms with van der Waals surface area (Å²) in [5.74, 6) is 0.810. The Morgan fingerprint density at radius 1 is 1.43 bits per heavy atom. The van der Waals surface area contributed by atoms with E-state index >= 15 is 0 Å². The summed E-state index contributed by atoms with van der Waals surface area (Å²) in [4.78, 5) is 1.24. The van der Waals surface area contributed by atoms with Crippen LogP contribution in [0.3, 0.4) is 0 Å². The molecule has 3 rings (SSSR count). The van der Waals surface area contributed by atoms with Crippen LogP contribution in [0, 0.1) is 6.92 Å². The smallest absolute Gasteiger partial charge is 0.151 e. The quantitative estimate of drug-likeness (QED) is 0.718. The van der Waals surface area contributed by atoms with Crippen molar-refractivity contribution in [2.24, 2.45) is 7.05 Å². The third-order valence-electron chi connectivity index (χ3n) is 3.94. The van der Waals surface area contributed by atoms with Gasteiger partial charge in [-0.3, -0.25) is 4.68 Å². The van der Waals surface area contributed by atoms with Crippen LogP contribution in [0.1, 0.15) is 35.7 Å². The van der Waals surface area contributed by atoms with Gasteiger partial charge in [0.05, 0.1) is 17.1 Å². The molecule has 3 heterocycles. The molecule has 0 bridgehead atoms. The number of hydrogen-bond donors (Lipinski definition) is 1. The van der Waals surface area contributed by atoms with E-state index in [1.54, 1.807) is 11.3 Å². The molecule has 3 aromatic rings. The van der Waals surface area contributed by atoms with E-state index in [1.165, 1.54) is 4.88 Å². The first-order valence-electron chi connectivity index (χ1n) is 7.51. The van der Waals surface area contributed by atoms with Gasteiger partial charge < -0.3 is 9.84 Å². The SMILES string of the molecule is CCC(NCc1cc(-c2cnn(C)c2C)no1)c1ccc(Cl)s1. The lowest BCUT2D eigenvalue weighted by atomic mass is 10.1. The van der Waals surface area contributed by atoms with E-state index in [9.17, 15) is 0 Å². The van der Waals surface area contributed by atoms with Crippen LogP contribution in [-0.4, -0.2) is 14.9 Å². The molecule has 7 heteroatoms. The van der Waals surface area contributed by atoms with Crippen molar-refractivity contribution in [2.45, 2.75) is 32.9 Å². The minimum Gasteiger partial charge on any atom is -0.359 e. The summed E-state index contributed by atoms with van der Waals surface area (Å²) >= 11 is 7.63. The highest BCUT2D eigenvalue weighted by Crippen LogP contribution is 2.29. The zero-order valence-electron chi connectivity index (χ0n) is 13.3. The molecule has 1 unspecified atom stereocenters. The first kappa shape index (κ1) is 16.2. The standard InChI is InChI=1S/C16H19ClN4OS/c1-4-13(15-5-6-16(17)23-15)18-8-11-7-14(20-22-11)12-9-19-21(3)10(12)2/h5-7,9,13,18H,4,8H2,1-3H3. The van der Waals surface area contributed by atoms with Gasteiger partial charge in [0.25, 0.3) is 0 Å². The fourth-order valence-electron chi connectivity index (χ4n) is 2.46. The van der Waals surface area contributed by atoms with Crippen molar-refractivity contribution in [1.29, 1.82) is 0 Å². The van der Waals surface area contributed by atoms with E-state index in [0.29, 0.717) is 6.54 Å². The van der Waals surface area contributed by atoms with Gasteiger partial charge in [0, 0.05) is 35.3 Å². The molecule has 0 aliphatic heterocycles. The molecule has 0 saturated heterocycles. The third kappa shape index (κ3) is 3.49. The van der Waals surface area contributed by atoms with Crippen molar-refractivity contribution in [1.82, 2.24) is 20.3 Å². The van der Waals surface area contributed by atoms with Crippen LogP contribution in [0.4, 0.5) is 0 Å². The summed E-state index contributed by atoms with van der Waals surface area (Å²) in [6, 6.07) is 6.23. The zero-order chi connectivity index (χ0) is 16.4. The first-order valence-corrected chi connectivity index (χ1v) is 8.71. The summed E-state index contributed by atoms with van der Waals surface area (Å²) in [6.07, 6.45) is 2.80. The van der Waals surface area contributed by atoms with Crippen LogP contribution in [0.15, 0.2) is 28.9 Å². The lowest BCUT2D eigenvalue weighted by Gasteiger charge is -2.13. The average Bonchev–Trinajstić information content (AvgIpc) is 3.23. The Kier molecular flexibility index (Phi) is 4.84. The largest absolute Gasteiger partial charge is 0.359 e. The van der Waals surface area contributed by atoms with E-state index in [1.807, 2.05) is 37.0 Å². The number of thiophene rings is 1. The maximum absolute atomic E-state index is 6.02. The summed E-state index contributed by atoms with van der Waals surface area (Å²) in [7, 11) is 1.92. The fraction of sp³-hybridized carbons (Fsp3) is 0.375. The second-order valence-corrected chi connectivity index (χ2v) is 7.18. The third-order valence-corrected chi connectivity index (χ3v) is 5.28. The van der Waals surface area contributed by atoms with E-state index < -0.39 is 0 Å². The Labute approximate surface area is 144 Å². The topological polar surface area (TPSA) is 55.9 Å². The normalized spacial score (nSPS) is 12.7. The average molecular weight is 351 g/mol. The van der Waals surface area contributed by atoms with Crippen molar-refractivity contribution < 1.29 is 4.52 Å². The molecule has 0 radical (unpaired) electrons. The lowest BCUT2D eigenvalue weighted by molar-refractivity contribution is 0.364. The van der Waals surface area contributed by atoms with Gasteiger partial charge in [-0.2, -0.15) is 5.10 Å². The van der Waals surface area contributed by atoms with Crippen molar-refractivity contribution >= 4 is 22.9 Å². The number of aryl methyl sites for hydroxylation is 1. The number of nitrogens with zero attached hydrogens (tertiary/aromatic N) is 3. The molecule has 0 fully saturated rings. The summed E-state index contributed by atoms with van der Waals surface area (Å²) < 4.78 is 8.09. The molecule has 23 heavy (non-hydrogen) atoms. The monoisotopic (exact) mass is 350 g/mol. The minimum atomic E-state index is 0.265. The summed E-state index contributed by atoms with van der Waals surface area (Å²) in [5.41, 5.74) is 2.89. The number of nitrogens with one attached hydrogen (secondary N) is 1. The predicted molar refractivity (Wildman–Crippen MR) is 92.6 cm³/mol. The number of aromatic nitrogens is 3. The number of hydrogen-bond acceptors (Lipinski definition) is 5. The van der Waals surface area contributed by atoms with Gasteiger partial charge in [0.15, 0.2) is 5.76 Å². The van der Waals surface area contributed by atoms with Gasteiger partial charge in [-0.15, -0.1) is 11.3 Å². The van der Waals surface area contributed by atoms with Gasteiger partial charge in [0.2, 0.25) is 0 Å². The van der Waals surface area contributed by atoms with Crippen molar-refractivity contribution in [2.75, 3.05) is 0 Å². The zero-order valence-corrected chi connectivity index (χ0v) is 14.9.